The number of hydrazine groups is 1. The number of aliphatic hydroxyl groups is 2. The topological polar surface area (TPSA) is 220 Å². The molecule has 0 aliphatic heterocycles. The van der Waals surface area contributed by atoms with E-state index in [1.165, 1.54) is 12.1 Å². The van der Waals surface area contributed by atoms with E-state index in [2.05, 4.69) is 10.7 Å². The number of nitrogens with two attached hydrogens (primary N) is 1. The van der Waals surface area contributed by atoms with Crippen LogP contribution < -0.4 is 16.5 Å². The summed E-state index contributed by atoms with van der Waals surface area (Å²) in [4.78, 5) is 59.7. The molecule has 0 aromatic heterocycles. The molecule has 0 saturated heterocycles. The van der Waals surface area contributed by atoms with Crippen molar-refractivity contribution in [2.45, 2.75) is 50.4 Å². The fraction of sp³-hybridized carbons (Fsp3) is 0.450. The van der Waals surface area contributed by atoms with Crippen molar-refractivity contribution in [3.63, 3.8) is 0 Å². The lowest BCUT2D eigenvalue weighted by molar-refractivity contribution is -0.157. The van der Waals surface area contributed by atoms with Gasteiger partial charge in [-0.05, 0) is 12.0 Å². The molecule has 1 rings (SSSR count). The zero-order valence-corrected chi connectivity index (χ0v) is 17.9. The fourth-order valence-corrected chi connectivity index (χ4v) is 2.87. The summed E-state index contributed by atoms with van der Waals surface area (Å²) in [6.45, 7) is 0.664. The lowest BCUT2D eigenvalue weighted by Crippen LogP contribution is -2.62. The first-order valence-electron chi connectivity index (χ1n) is 9.99. The van der Waals surface area contributed by atoms with Crippen molar-refractivity contribution in [1.82, 2.24) is 15.8 Å². The van der Waals surface area contributed by atoms with Gasteiger partial charge in [0.05, 0.1) is 13.0 Å². The van der Waals surface area contributed by atoms with Crippen LogP contribution in [0.5, 0.6) is 0 Å². The number of hydrogen-bond donors (Lipinski definition) is 7. The summed E-state index contributed by atoms with van der Waals surface area (Å²) in [7, 11) is 0. The second-order valence-electron chi connectivity index (χ2n) is 7.08. The highest BCUT2D eigenvalue weighted by Gasteiger charge is 2.36. The number of aliphatic carboxylic acids is 2. The first-order chi connectivity index (χ1) is 15.5. The van der Waals surface area contributed by atoms with Gasteiger partial charge >= 0.3 is 11.9 Å². The number of nitrogens with one attached hydrogen (secondary N) is 2. The number of carboxylic acid groups (broad SMARTS) is 2. The highest BCUT2D eigenvalue weighted by Crippen LogP contribution is 2.17. The molecular weight excluding hydrogens is 440 g/mol. The predicted molar refractivity (Wildman–Crippen MR) is 112 cm³/mol. The predicted octanol–water partition coefficient (Wildman–Crippen LogP) is -1.89. The Kier molecular flexibility index (Phi) is 10.9. The summed E-state index contributed by atoms with van der Waals surface area (Å²) in [5.74, 6) is -6.13. The van der Waals surface area contributed by atoms with Gasteiger partial charge in [0.15, 0.2) is 12.1 Å². The maximum absolute atomic E-state index is 12.7. The van der Waals surface area contributed by atoms with Gasteiger partial charge in [0.25, 0.3) is 0 Å². The second kappa shape index (κ2) is 13.1. The van der Waals surface area contributed by atoms with E-state index in [0.29, 0.717) is 11.4 Å². The molecule has 0 aliphatic carbocycles. The zero-order chi connectivity index (χ0) is 25.1. The van der Waals surface area contributed by atoms with Gasteiger partial charge in [-0.2, -0.15) is 0 Å². The van der Waals surface area contributed by atoms with Crippen LogP contribution in [0.3, 0.4) is 0 Å². The van der Waals surface area contributed by atoms with E-state index in [4.69, 9.17) is 5.73 Å². The number of primary amides is 1. The molecule has 0 heterocycles. The van der Waals surface area contributed by atoms with Crippen LogP contribution in [-0.2, 0) is 24.0 Å². The quantitative estimate of drug-likeness (QED) is 0.150. The molecule has 0 saturated carbocycles. The number of amides is 3. The third-order valence-corrected chi connectivity index (χ3v) is 4.54. The first-order valence-corrected chi connectivity index (χ1v) is 9.99. The Bertz CT molecular complexity index is 849. The molecule has 13 heteroatoms. The number of carbonyl (C=O) groups excluding carboxylic acids is 3. The lowest BCUT2D eigenvalue weighted by Gasteiger charge is -2.32. The van der Waals surface area contributed by atoms with E-state index >= 15 is 0 Å². The molecule has 8 N–H and O–H groups in total. The smallest absolute Gasteiger partial charge is 0.329 e. The van der Waals surface area contributed by atoms with Crippen molar-refractivity contribution in [2.75, 3.05) is 6.61 Å². The molecule has 182 valence electrons. The summed E-state index contributed by atoms with van der Waals surface area (Å²) in [6.07, 6.45) is -2.27. The standard InChI is InChI=1S/C20H28N4O9/c1-2-6-15(27)24(13(19(30)31)9-14(21)26)23-12(10-25)18(29)22-16(20(32)33)17(28)11-7-4-3-5-8-11/h3-5,7-8,12-13,16-17,23,25,28H,2,6,9-10H2,1H3,(H2,21,26)(H,22,29)(H,30,31)(H,32,33)/t12-,13-,16-,17?/m0/s1. The highest BCUT2D eigenvalue weighted by atomic mass is 16.4. The van der Waals surface area contributed by atoms with Crippen molar-refractivity contribution in [3.05, 3.63) is 35.9 Å². The molecule has 0 spiro atoms. The largest absolute Gasteiger partial charge is 0.480 e. The van der Waals surface area contributed by atoms with E-state index in [9.17, 15) is 44.4 Å². The van der Waals surface area contributed by atoms with Gasteiger partial charge in [-0.3, -0.25) is 19.4 Å². The molecule has 4 atom stereocenters. The monoisotopic (exact) mass is 468 g/mol. The van der Waals surface area contributed by atoms with Crippen LogP contribution in [0, 0.1) is 0 Å². The maximum Gasteiger partial charge on any atom is 0.329 e. The maximum atomic E-state index is 12.7. The van der Waals surface area contributed by atoms with Gasteiger partial charge in [-0.25, -0.2) is 15.0 Å². The molecular formula is C20H28N4O9. The Morgan fingerprint density at radius 3 is 2.12 bits per heavy atom. The third-order valence-electron chi connectivity index (χ3n) is 4.54. The third kappa shape index (κ3) is 8.14. The van der Waals surface area contributed by atoms with Crippen LogP contribution in [0.15, 0.2) is 30.3 Å². The van der Waals surface area contributed by atoms with Gasteiger partial charge in [-0.15, -0.1) is 0 Å². The Morgan fingerprint density at radius 1 is 1.06 bits per heavy atom. The number of aliphatic hydroxyl groups excluding tert-OH is 2. The number of carboxylic acids is 2. The van der Waals surface area contributed by atoms with Crippen molar-refractivity contribution < 1.29 is 44.4 Å². The Labute approximate surface area is 189 Å². The normalized spacial score (nSPS) is 14.4. The molecule has 0 aliphatic rings. The van der Waals surface area contributed by atoms with E-state index < -0.39 is 66.9 Å². The molecule has 1 aromatic carbocycles. The lowest BCUT2D eigenvalue weighted by atomic mass is 10.0. The number of rotatable bonds is 14. The molecule has 0 bridgehead atoms. The molecule has 13 nitrogen and oxygen atoms in total. The van der Waals surface area contributed by atoms with Crippen LogP contribution in [-0.4, -0.2) is 79.8 Å². The van der Waals surface area contributed by atoms with Crippen molar-refractivity contribution in [3.8, 4) is 0 Å². The number of hydrogen-bond acceptors (Lipinski definition) is 8. The van der Waals surface area contributed by atoms with Gasteiger partial charge in [0, 0.05) is 6.42 Å². The minimum atomic E-state index is -1.82. The number of benzene rings is 1. The Balaban J connectivity index is 3.13. The summed E-state index contributed by atoms with van der Waals surface area (Å²) < 4.78 is 0. The zero-order valence-electron chi connectivity index (χ0n) is 17.9. The van der Waals surface area contributed by atoms with Crippen molar-refractivity contribution >= 4 is 29.7 Å². The second-order valence-corrected chi connectivity index (χ2v) is 7.08. The molecule has 0 radical (unpaired) electrons. The first kappa shape index (κ1) is 27.5. The van der Waals surface area contributed by atoms with E-state index in [1.54, 1.807) is 25.1 Å². The van der Waals surface area contributed by atoms with Crippen LogP contribution in [0.2, 0.25) is 0 Å². The Hall–Kier alpha value is -3.55. The van der Waals surface area contributed by atoms with E-state index in [-0.39, 0.29) is 12.0 Å². The van der Waals surface area contributed by atoms with Crippen LogP contribution in [0.1, 0.15) is 37.9 Å². The average molecular weight is 468 g/mol. The summed E-state index contributed by atoms with van der Waals surface area (Å²) >= 11 is 0. The van der Waals surface area contributed by atoms with Crippen LogP contribution >= 0.6 is 0 Å². The average Bonchev–Trinajstić information content (AvgIpc) is 2.76. The molecule has 33 heavy (non-hydrogen) atoms. The van der Waals surface area contributed by atoms with Crippen LogP contribution in [0.4, 0.5) is 0 Å². The van der Waals surface area contributed by atoms with Crippen molar-refractivity contribution in [2.24, 2.45) is 5.73 Å². The van der Waals surface area contributed by atoms with Gasteiger partial charge in [0.2, 0.25) is 17.7 Å². The number of carbonyl (C=O) groups is 5. The van der Waals surface area contributed by atoms with Crippen LogP contribution in [0.25, 0.3) is 0 Å². The highest BCUT2D eigenvalue weighted by molar-refractivity contribution is 5.90. The summed E-state index contributed by atoms with van der Waals surface area (Å²) in [5, 5.41) is 41.5. The van der Waals surface area contributed by atoms with E-state index in [0.717, 1.165) is 0 Å². The fourth-order valence-electron chi connectivity index (χ4n) is 2.87. The number of nitrogens with zero attached hydrogens (tertiary/aromatic N) is 1. The molecule has 3 amide bonds. The SMILES string of the molecule is CCCC(=O)N(N[C@@H](CO)C(=O)N[C@H](C(=O)O)C(O)c1ccccc1)[C@@H](CC(N)=O)C(=O)O. The minimum absolute atomic E-state index is 0.153. The van der Waals surface area contributed by atoms with Gasteiger partial charge < -0.3 is 31.5 Å². The molecule has 0 fully saturated rings. The summed E-state index contributed by atoms with van der Waals surface area (Å²) in [6, 6.07) is 2.35. The van der Waals surface area contributed by atoms with Crippen molar-refractivity contribution in [1.29, 1.82) is 0 Å². The molecule has 1 aromatic rings. The van der Waals surface area contributed by atoms with Gasteiger partial charge in [0.1, 0.15) is 12.1 Å². The molecule has 1 unspecified atom stereocenters. The summed E-state index contributed by atoms with van der Waals surface area (Å²) in [5.41, 5.74) is 7.52. The minimum Gasteiger partial charge on any atom is -0.480 e. The van der Waals surface area contributed by atoms with E-state index in [1.807, 2.05) is 0 Å². The Morgan fingerprint density at radius 2 is 1.67 bits per heavy atom. The van der Waals surface area contributed by atoms with Gasteiger partial charge in [-0.1, -0.05) is 37.3 Å².